The number of rotatable bonds is 6. The van der Waals surface area contributed by atoms with E-state index in [1.165, 1.54) is 31.5 Å². The van der Waals surface area contributed by atoms with Crippen LogP contribution in [-0.4, -0.2) is 47.9 Å². The normalized spacial score (nSPS) is 19.9. The van der Waals surface area contributed by atoms with E-state index < -0.39 is 0 Å². The van der Waals surface area contributed by atoms with Crippen molar-refractivity contribution in [2.75, 3.05) is 26.2 Å². The van der Waals surface area contributed by atoms with Gasteiger partial charge in [-0.3, -0.25) is 4.79 Å². The van der Waals surface area contributed by atoms with Crippen LogP contribution in [0.15, 0.2) is 48.5 Å². The molecule has 0 aromatic heterocycles. The number of carbonyl (C=O) groups excluding carboxylic acids is 1. The van der Waals surface area contributed by atoms with Crippen molar-refractivity contribution in [3.8, 4) is 5.75 Å². The molecule has 2 fully saturated rings. The van der Waals surface area contributed by atoms with Crippen molar-refractivity contribution in [2.45, 2.75) is 45.3 Å². The van der Waals surface area contributed by atoms with Crippen LogP contribution in [-0.2, 0) is 6.61 Å². The molecule has 2 aliphatic rings. The molecule has 4 nitrogen and oxygen atoms in total. The Morgan fingerprint density at radius 2 is 1.82 bits per heavy atom. The highest BCUT2D eigenvalue weighted by Crippen LogP contribution is 2.23. The number of hydrogen-bond acceptors (Lipinski definition) is 3. The Bertz CT molecular complexity index is 797. The second-order valence-electron chi connectivity index (χ2n) is 8.10. The summed E-state index contributed by atoms with van der Waals surface area (Å²) in [6, 6.07) is 16.3. The first kappa shape index (κ1) is 19.0. The highest BCUT2D eigenvalue weighted by atomic mass is 16.5. The summed E-state index contributed by atoms with van der Waals surface area (Å²) in [5.74, 6) is 0.958. The maximum Gasteiger partial charge on any atom is 0.254 e. The van der Waals surface area contributed by atoms with Crippen molar-refractivity contribution in [3.05, 3.63) is 65.2 Å². The number of likely N-dealkylation sites (tertiary alicyclic amines) is 2. The summed E-state index contributed by atoms with van der Waals surface area (Å²) in [7, 11) is 0. The van der Waals surface area contributed by atoms with Gasteiger partial charge >= 0.3 is 0 Å². The molecule has 0 saturated carbocycles. The van der Waals surface area contributed by atoms with Crippen LogP contribution in [0.2, 0.25) is 0 Å². The molecule has 2 heterocycles. The molecule has 0 aliphatic carbocycles. The number of benzene rings is 2. The van der Waals surface area contributed by atoms with Crippen molar-refractivity contribution >= 4 is 5.91 Å². The molecule has 1 amide bonds. The lowest BCUT2D eigenvalue weighted by Crippen LogP contribution is -2.42. The molecule has 0 spiro atoms. The zero-order valence-electron chi connectivity index (χ0n) is 16.8. The highest BCUT2D eigenvalue weighted by Gasteiger charge is 2.31. The Morgan fingerprint density at radius 3 is 2.57 bits per heavy atom. The number of nitrogens with zero attached hydrogens (tertiary/aromatic N) is 2. The number of ether oxygens (including phenoxy) is 1. The maximum absolute atomic E-state index is 13.0. The predicted molar refractivity (Wildman–Crippen MR) is 112 cm³/mol. The summed E-state index contributed by atoms with van der Waals surface area (Å²) in [6.45, 7) is 6.90. The predicted octanol–water partition coefficient (Wildman–Crippen LogP) is 4.27. The summed E-state index contributed by atoms with van der Waals surface area (Å²) < 4.78 is 5.89. The summed E-state index contributed by atoms with van der Waals surface area (Å²) in [5.41, 5.74) is 3.15. The average Bonchev–Trinajstić information content (AvgIpc) is 3.39. The monoisotopic (exact) mass is 378 g/mol. The van der Waals surface area contributed by atoms with Gasteiger partial charge in [-0.2, -0.15) is 0 Å². The molecule has 2 aromatic carbocycles. The van der Waals surface area contributed by atoms with E-state index >= 15 is 0 Å². The van der Waals surface area contributed by atoms with Crippen molar-refractivity contribution in [1.82, 2.24) is 9.80 Å². The van der Waals surface area contributed by atoms with Gasteiger partial charge in [0.15, 0.2) is 0 Å². The summed E-state index contributed by atoms with van der Waals surface area (Å²) in [5, 5.41) is 0. The smallest absolute Gasteiger partial charge is 0.254 e. The lowest BCUT2D eigenvalue weighted by molar-refractivity contribution is 0.0708. The second kappa shape index (κ2) is 8.78. The van der Waals surface area contributed by atoms with Crippen LogP contribution in [0.25, 0.3) is 0 Å². The largest absolute Gasteiger partial charge is 0.489 e. The first-order valence-electron chi connectivity index (χ1n) is 10.5. The van der Waals surface area contributed by atoms with E-state index in [0.717, 1.165) is 42.8 Å². The molecule has 0 bridgehead atoms. The van der Waals surface area contributed by atoms with E-state index in [1.807, 2.05) is 30.3 Å². The standard InChI is InChI=1S/C24H30N2O2/c1-19-6-4-7-20(16-19)18-28-23-11-9-21(10-12-23)24(27)26-15-5-8-22(26)17-25-13-2-3-14-25/h4,6-7,9-12,16,22H,2-3,5,8,13-15,17-18H2,1H3/t22-/m0/s1. The molecular weight excluding hydrogens is 348 g/mol. The Hall–Kier alpha value is -2.33. The average molecular weight is 379 g/mol. The van der Waals surface area contributed by atoms with Crippen LogP contribution in [0, 0.1) is 6.92 Å². The molecule has 4 heteroatoms. The topological polar surface area (TPSA) is 32.8 Å². The van der Waals surface area contributed by atoms with Gasteiger partial charge in [0.05, 0.1) is 0 Å². The first-order valence-corrected chi connectivity index (χ1v) is 10.5. The van der Waals surface area contributed by atoms with Gasteiger partial charge < -0.3 is 14.5 Å². The minimum absolute atomic E-state index is 0.159. The van der Waals surface area contributed by atoms with Crippen LogP contribution >= 0.6 is 0 Å². The Kier molecular flexibility index (Phi) is 5.96. The van der Waals surface area contributed by atoms with E-state index in [0.29, 0.717) is 12.6 Å². The van der Waals surface area contributed by atoms with E-state index in [4.69, 9.17) is 4.74 Å². The maximum atomic E-state index is 13.0. The highest BCUT2D eigenvalue weighted by molar-refractivity contribution is 5.94. The van der Waals surface area contributed by atoms with Gasteiger partial charge in [-0.15, -0.1) is 0 Å². The second-order valence-corrected chi connectivity index (χ2v) is 8.10. The third-order valence-corrected chi connectivity index (χ3v) is 5.89. The van der Waals surface area contributed by atoms with Crippen molar-refractivity contribution in [2.24, 2.45) is 0 Å². The molecule has 0 radical (unpaired) electrons. The molecular formula is C24H30N2O2. The number of hydrogen-bond donors (Lipinski definition) is 0. The van der Waals surface area contributed by atoms with Crippen LogP contribution in [0.3, 0.4) is 0 Å². The van der Waals surface area contributed by atoms with Gasteiger partial charge in [-0.05, 0) is 75.5 Å². The van der Waals surface area contributed by atoms with Gasteiger partial charge in [-0.25, -0.2) is 0 Å². The minimum Gasteiger partial charge on any atom is -0.489 e. The third-order valence-electron chi connectivity index (χ3n) is 5.89. The molecule has 0 N–H and O–H groups in total. The van der Waals surface area contributed by atoms with Gasteiger partial charge in [0.1, 0.15) is 12.4 Å². The zero-order chi connectivity index (χ0) is 19.3. The third kappa shape index (κ3) is 4.56. The number of aryl methyl sites for hydroxylation is 1. The van der Waals surface area contributed by atoms with Crippen LogP contribution in [0.1, 0.15) is 47.2 Å². The van der Waals surface area contributed by atoms with Crippen molar-refractivity contribution in [1.29, 1.82) is 0 Å². The van der Waals surface area contributed by atoms with E-state index in [9.17, 15) is 4.79 Å². The van der Waals surface area contributed by atoms with Gasteiger partial charge in [-0.1, -0.05) is 29.8 Å². The SMILES string of the molecule is Cc1cccc(COc2ccc(C(=O)N3CCC[C@H]3CN3CCCC3)cc2)c1. The molecule has 2 saturated heterocycles. The molecule has 148 valence electrons. The molecule has 2 aliphatic heterocycles. The quantitative estimate of drug-likeness (QED) is 0.752. The van der Waals surface area contributed by atoms with Gasteiger partial charge in [0, 0.05) is 24.7 Å². The Morgan fingerprint density at radius 1 is 1.04 bits per heavy atom. The van der Waals surface area contributed by atoms with E-state index in [1.54, 1.807) is 0 Å². The van der Waals surface area contributed by atoms with Crippen LogP contribution in [0.5, 0.6) is 5.75 Å². The van der Waals surface area contributed by atoms with Crippen LogP contribution < -0.4 is 4.74 Å². The summed E-state index contributed by atoms with van der Waals surface area (Å²) in [6.07, 6.45) is 4.83. The fourth-order valence-corrected chi connectivity index (χ4v) is 4.38. The minimum atomic E-state index is 0.159. The fraction of sp³-hybridized carbons (Fsp3) is 0.458. The molecule has 0 unspecified atom stereocenters. The summed E-state index contributed by atoms with van der Waals surface area (Å²) >= 11 is 0. The summed E-state index contributed by atoms with van der Waals surface area (Å²) in [4.78, 5) is 17.6. The number of amides is 1. The molecule has 28 heavy (non-hydrogen) atoms. The van der Waals surface area contributed by atoms with Crippen molar-refractivity contribution in [3.63, 3.8) is 0 Å². The van der Waals surface area contributed by atoms with E-state index in [-0.39, 0.29) is 5.91 Å². The first-order chi connectivity index (χ1) is 13.7. The number of carbonyl (C=O) groups is 1. The molecule has 4 rings (SSSR count). The Labute approximate surface area is 168 Å². The molecule has 2 aromatic rings. The lowest BCUT2D eigenvalue weighted by Gasteiger charge is -2.28. The van der Waals surface area contributed by atoms with Gasteiger partial charge in [0.25, 0.3) is 5.91 Å². The van der Waals surface area contributed by atoms with Crippen molar-refractivity contribution < 1.29 is 9.53 Å². The fourth-order valence-electron chi connectivity index (χ4n) is 4.38. The van der Waals surface area contributed by atoms with Crippen LogP contribution in [0.4, 0.5) is 0 Å². The Balaban J connectivity index is 1.35. The molecule has 1 atom stereocenters. The lowest BCUT2D eigenvalue weighted by atomic mass is 10.1. The zero-order valence-corrected chi connectivity index (χ0v) is 16.8. The van der Waals surface area contributed by atoms with E-state index in [2.05, 4.69) is 34.9 Å². The van der Waals surface area contributed by atoms with Gasteiger partial charge in [0.2, 0.25) is 0 Å².